The van der Waals surface area contributed by atoms with Crippen LogP contribution in [0.2, 0.25) is 18.1 Å². The molecule has 0 bridgehead atoms. The van der Waals surface area contributed by atoms with Crippen molar-refractivity contribution in [1.82, 2.24) is 4.98 Å². The van der Waals surface area contributed by atoms with Crippen LogP contribution in [0.4, 0.5) is 0 Å². The van der Waals surface area contributed by atoms with Gasteiger partial charge in [0.2, 0.25) is 8.32 Å². The summed E-state index contributed by atoms with van der Waals surface area (Å²) < 4.78 is 6.44. The highest BCUT2D eigenvalue weighted by Gasteiger charge is 2.39. The molecule has 0 unspecified atom stereocenters. The topological polar surface area (TPSA) is 42.4 Å². The van der Waals surface area contributed by atoms with E-state index in [2.05, 4.69) is 64.8 Å². The zero-order chi connectivity index (χ0) is 18.1. The second-order valence-electron chi connectivity index (χ2n) is 7.97. The van der Waals surface area contributed by atoms with E-state index >= 15 is 0 Å². The molecule has 0 saturated heterocycles. The number of hydrogen-bond acceptors (Lipinski definition) is 3. The number of benzene rings is 1. The van der Waals surface area contributed by atoms with Crippen molar-refractivity contribution < 1.29 is 9.53 Å². The van der Waals surface area contributed by atoms with Gasteiger partial charge in [0.05, 0.1) is 18.0 Å². The lowest BCUT2D eigenvalue weighted by Crippen LogP contribution is -2.43. The van der Waals surface area contributed by atoms with E-state index in [0.29, 0.717) is 5.69 Å². The predicted molar refractivity (Wildman–Crippen MR) is 103 cm³/mol. The third-order valence-corrected chi connectivity index (χ3v) is 9.27. The molecule has 4 heteroatoms. The second-order valence-corrected chi connectivity index (χ2v) is 12.7. The van der Waals surface area contributed by atoms with Gasteiger partial charge in [-0.05, 0) is 67.4 Å². The lowest BCUT2D eigenvalue weighted by atomic mass is 9.99. The van der Waals surface area contributed by atoms with Crippen LogP contribution in [0.3, 0.4) is 0 Å². The van der Waals surface area contributed by atoms with E-state index in [1.54, 1.807) is 0 Å². The molecule has 0 fully saturated rings. The molecule has 0 aliphatic rings. The SMILES string of the molecule is Cc1cc(O[Si](C)(C)C(C)(C)C)cc(C)c1-c1cccc(CO)n1. The first-order valence-electron chi connectivity index (χ1n) is 8.42. The van der Waals surface area contributed by atoms with Crippen LogP contribution in [0.15, 0.2) is 30.3 Å². The van der Waals surface area contributed by atoms with Crippen molar-refractivity contribution in [3.63, 3.8) is 0 Å². The van der Waals surface area contributed by atoms with Crippen LogP contribution in [0.5, 0.6) is 5.75 Å². The molecule has 1 aromatic carbocycles. The lowest BCUT2D eigenvalue weighted by molar-refractivity contribution is 0.277. The fraction of sp³-hybridized carbons (Fsp3) is 0.450. The van der Waals surface area contributed by atoms with E-state index < -0.39 is 8.32 Å². The van der Waals surface area contributed by atoms with Crippen molar-refractivity contribution in [3.05, 3.63) is 47.2 Å². The van der Waals surface area contributed by atoms with Gasteiger partial charge in [0, 0.05) is 5.56 Å². The van der Waals surface area contributed by atoms with E-state index in [-0.39, 0.29) is 11.6 Å². The highest BCUT2D eigenvalue weighted by atomic mass is 28.4. The molecule has 0 aliphatic heterocycles. The minimum atomic E-state index is -1.85. The van der Waals surface area contributed by atoms with Gasteiger partial charge < -0.3 is 9.53 Å². The Morgan fingerprint density at radius 1 is 1.08 bits per heavy atom. The number of nitrogens with zero attached hydrogens (tertiary/aromatic N) is 1. The highest BCUT2D eigenvalue weighted by molar-refractivity contribution is 6.74. The van der Waals surface area contributed by atoms with E-state index in [1.807, 2.05) is 18.2 Å². The Bertz CT molecular complexity index is 710. The summed E-state index contributed by atoms with van der Waals surface area (Å²) >= 11 is 0. The molecule has 1 N–H and O–H groups in total. The van der Waals surface area contributed by atoms with Crippen LogP contribution in [0, 0.1) is 13.8 Å². The largest absolute Gasteiger partial charge is 0.543 e. The monoisotopic (exact) mass is 343 g/mol. The summed E-state index contributed by atoms with van der Waals surface area (Å²) in [5.74, 6) is 0.943. The van der Waals surface area contributed by atoms with Gasteiger partial charge in [-0.3, -0.25) is 4.98 Å². The smallest absolute Gasteiger partial charge is 0.250 e. The van der Waals surface area contributed by atoms with Gasteiger partial charge in [0.15, 0.2) is 0 Å². The molecule has 0 radical (unpaired) electrons. The van der Waals surface area contributed by atoms with Crippen molar-refractivity contribution in [2.75, 3.05) is 0 Å². The average Bonchev–Trinajstić information content (AvgIpc) is 2.45. The summed E-state index contributed by atoms with van der Waals surface area (Å²) in [5.41, 5.74) is 4.99. The second kappa shape index (κ2) is 6.69. The van der Waals surface area contributed by atoms with Crippen LogP contribution in [0.25, 0.3) is 11.3 Å². The number of aromatic nitrogens is 1. The molecule has 0 aliphatic carbocycles. The fourth-order valence-corrected chi connectivity index (χ4v) is 3.55. The molecular weight excluding hydrogens is 314 g/mol. The molecular formula is C20H29NO2Si. The van der Waals surface area contributed by atoms with Gasteiger partial charge in [0.25, 0.3) is 0 Å². The van der Waals surface area contributed by atoms with Crippen LogP contribution in [0.1, 0.15) is 37.6 Å². The Labute approximate surface area is 146 Å². The van der Waals surface area contributed by atoms with Crippen molar-refractivity contribution in [3.8, 4) is 17.0 Å². The average molecular weight is 344 g/mol. The number of aliphatic hydroxyl groups excluding tert-OH is 1. The predicted octanol–water partition coefficient (Wildman–Crippen LogP) is 5.24. The zero-order valence-corrected chi connectivity index (χ0v) is 16.9. The Hall–Kier alpha value is -1.65. The molecule has 1 aromatic heterocycles. The van der Waals surface area contributed by atoms with Gasteiger partial charge in [-0.25, -0.2) is 0 Å². The summed E-state index contributed by atoms with van der Waals surface area (Å²) in [7, 11) is -1.85. The van der Waals surface area contributed by atoms with Crippen LogP contribution in [-0.2, 0) is 6.61 Å². The van der Waals surface area contributed by atoms with Crippen molar-refractivity contribution in [2.24, 2.45) is 0 Å². The van der Waals surface area contributed by atoms with Crippen LogP contribution < -0.4 is 4.43 Å². The summed E-state index contributed by atoms with van der Waals surface area (Å²) in [4.78, 5) is 4.54. The van der Waals surface area contributed by atoms with Gasteiger partial charge in [-0.15, -0.1) is 0 Å². The summed E-state index contributed by atoms with van der Waals surface area (Å²) in [5, 5.41) is 9.49. The molecule has 0 atom stereocenters. The number of hydrogen-bond donors (Lipinski definition) is 1. The first-order valence-corrected chi connectivity index (χ1v) is 11.3. The third kappa shape index (κ3) is 3.87. The minimum absolute atomic E-state index is 0.0432. The molecule has 0 saturated carbocycles. The molecule has 130 valence electrons. The highest BCUT2D eigenvalue weighted by Crippen LogP contribution is 2.39. The Balaban J connectivity index is 2.42. The third-order valence-electron chi connectivity index (χ3n) is 4.91. The van der Waals surface area contributed by atoms with E-state index in [0.717, 1.165) is 28.1 Å². The normalized spacial score (nSPS) is 12.3. The lowest BCUT2D eigenvalue weighted by Gasteiger charge is -2.36. The number of rotatable bonds is 4. The van der Waals surface area contributed by atoms with E-state index in [4.69, 9.17) is 4.43 Å². The first kappa shape index (κ1) is 18.7. The van der Waals surface area contributed by atoms with Gasteiger partial charge in [-0.1, -0.05) is 26.8 Å². The molecule has 3 nitrogen and oxygen atoms in total. The fourth-order valence-electron chi connectivity index (χ4n) is 2.54. The molecule has 24 heavy (non-hydrogen) atoms. The molecule has 0 amide bonds. The molecule has 2 rings (SSSR count). The van der Waals surface area contributed by atoms with Gasteiger partial charge >= 0.3 is 0 Å². The van der Waals surface area contributed by atoms with E-state index in [1.165, 1.54) is 0 Å². The summed E-state index contributed by atoms with van der Waals surface area (Å²) in [6, 6.07) is 9.98. The number of aliphatic hydroxyl groups is 1. The van der Waals surface area contributed by atoms with Crippen molar-refractivity contribution in [1.29, 1.82) is 0 Å². The zero-order valence-electron chi connectivity index (χ0n) is 15.9. The number of aryl methyl sites for hydroxylation is 2. The quantitative estimate of drug-likeness (QED) is 0.772. The number of pyridine rings is 1. The maximum atomic E-state index is 9.32. The van der Waals surface area contributed by atoms with Crippen molar-refractivity contribution in [2.45, 2.75) is 59.4 Å². The Morgan fingerprint density at radius 2 is 1.67 bits per heavy atom. The van der Waals surface area contributed by atoms with Crippen LogP contribution >= 0.6 is 0 Å². The van der Waals surface area contributed by atoms with Gasteiger partial charge in [0.1, 0.15) is 5.75 Å². The minimum Gasteiger partial charge on any atom is -0.543 e. The summed E-state index contributed by atoms with van der Waals surface area (Å²) in [6.45, 7) is 15.4. The van der Waals surface area contributed by atoms with Gasteiger partial charge in [-0.2, -0.15) is 0 Å². The maximum absolute atomic E-state index is 9.32. The molecule has 2 aromatic rings. The standard InChI is InChI=1S/C20H29NO2Si/c1-14-11-17(23-24(6,7)20(3,4)5)12-15(2)19(14)18-10-8-9-16(13-22)21-18/h8-12,22H,13H2,1-7H3. The molecule has 1 heterocycles. The van der Waals surface area contributed by atoms with Crippen molar-refractivity contribution >= 4 is 8.32 Å². The summed E-state index contributed by atoms with van der Waals surface area (Å²) in [6.07, 6.45) is 0. The Morgan fingerprint density at radius 3 is 2.17 bits per heavy atom. The van der Waals surface area contributed by atoms with Crippen LogP contribution in [-0.4, -0.2) is 18.4 Å². The van der Waals surface area contributed by atoms with E-state index in [9.17, 15) is 5.11 Å². The Kier molecular flexibility index (Phi) is 5.21. The molecule has 0 spiro atoms. The maximum Gasteiger partial charge on any atom is 0.250 e. The first-order chi connectivity index (χ1) is 11.0.